The van der Waals surface area contributed by atoms with Crippen molar-refractivity contribution in [2.24, 2.45) is 0 Å². The lowest BCUT2D eigenvalue weighted by Crippen LogP contribution is -2.27. The Morgan fingerprint density at radius 3 is 2.95 bits per heavy atom. The topological polar surface area (TPSA) is 64.7 Å². The number of nitrogens with zero attached hydrogens (tertiary/aromatic N) is 4. The van der Waals surface area contributed by atoms with Crippen molar-refractivity contribution in [3.8, 4) is 0 Å². The number of aryl methyl sites for hydroxylation is 2. The fraction of sp³-hybridized carbons (Fsp3) is 0.500. The quantitative estimate of drug-likeness (QED) is 0.797. The Balaban J connectivity index is 1.67. The number of carbonyl (C=O) groups excluding carboxylic acids is 1. The lowest BCUT2D eigenvalue weighted by atomic mass is 10.2. The Labute approximate surface area is 129 Å². The van der Waals surface area contributed by atoms with Gasteiger partial charge in [0.1, 0.15) is 5.82 Å². The van der Waals surface area contributed by atoms with Crippen molar-refractivity contribution in [2.45, 2.75) is 39.3 Å². The summed E-state index contributed by atoms with van der Waals surface area (Å²) < 4.78 is 3.78. The van der Waals surface area contributed by atoms with Gasteiger partial charge in [0.2, 0.25) is 5.91 Å². The third kappa shape index (κ3) is 4.60. The predicted octanol–water partition coefficient (Wildman–Crippen LogP) is 2.20. The molecule has 0 aromatic carbocycles. The Kier molecular flexibility index (Phi) is 5.38. The SMILES string of the molecule is Cc1nccn1[C@H](C)CC(=O)NCCCn1cc(Cl)cn1. The molecule has 6 nitrogen and oxygen atoms in total. The van der Waals surface area contributed by atoms with E-state index in [4.69, 9.17) is 11.6 Å². The molecule has 2 rings (SSSR count). The van der Waals surface area contributed by atoms with Crippen LogP contribution < -0.4 is 5.32 Å². The number of halogens is 1. The van der Waals surface area contributed by atoms with Crippen LogP contribution in [-0.2, 0) is 11.3 Å². The van der Waals surface area contributed by atoms with E-state index in [1.54, 1.807) is 23.3 Å². The van der Waals surface area contributed by atoms with Gasteiger partial charge in [0.15, 0.2) is 0 Å². The number of imidazole rings is 1. The van der Waals surface area contributed by atoms with Crippen molar-refractivity contribution < 1.29 is 4.79 Å². The molecule has 1 amide bonds. The van der Waals surface area contributed by atoms with Gasteiger partial charge in [0.05, 0.1) is 11.2 Å². The monoisotopic (exact) mass is 309 g/mol. The van der Waals surface area contributed by atoms with E-state index in [0.29, 0.717) is 18.0 Å². The highest BCUT2D eigenvalue weighted by Gasteiger charge is 2.11. The minimum atomic E-state index is 0.0501. The number of aromatic nitrogens is 4. The highest BCUT2D eigenvalue weighted by atomic mass is 35.5. The first kappa shape index (κ1) is 15.6. The maximum absolute atomic E-state index is 11.9. The van der Waals surface area contributed by atoms with Crippen LogP contribution in [-0.4, -0.2) is 31.8 Å². The van der Waals surface area contributed by atoms with Crippen LogP contribution in [0.25, 0.3) is 0 Å². The number of hydrogen-bond acceptors (Lipinski definition) is 3. The summed E-state index contributed by atoms with van der Waals surface area (Å²) in [7, 11) is 0. The lowest BCUT2D eigenvalue weighted by molar-refractivity contribution is -0.121. The number of hydrogen-bond donors (Lipinski definition) is 1. The highest BCUT2D eigenvalue weighted by molar-refractivity contribution is 6.30. The van der Waals surface area contributed by atoms with Crippen molar-refractivity contribution in [3.05, 3.63) is 35.6 Å². The second-order valence-electron chi connectivity index (χ2n) is 5.06. The molecule has 0 unspecified atom stereocenters. The number of rotatable bonds is 7. The van der Waals surface area contributed by atoms with Gasteiger partial charge in [-0.2, -0.15) is 5.10 Å². The molecule has 1 atom stereocenters. The van der Waals surface area contributed by atoms with Gasteiger partial charge < -0.3 is 9.88 Å². The van der Waals surface area contributed by atoms with Crippen LogP contribution in [0, 0.1) is 6.92 Å². The number of nitrogens with one attached hydrogen (secondary N) is 1. The van der Waals surface area contributed by atoms with Crippen LogP contribution in [0.15, 0.2) is 24.8 Å². The van der Waals surface area contributed by atoms with Crippen molar-refractivity contribution in [3.63, 3.8) is 0 Å². The summed E-state index contributed by atoms with van der Waals surface area (Å²) in [4.78, 5) is 16.1. The van der Waals surface area contributed by atoms with E-state index in [2.05, 4.69) is 15.4 Å². The Bertz CT molecular complexity index is 592. The largest absolute Gasteiger partial charge is 0.356 e. The van der Waals surface area contributed by atoms with Gasteiger partial charge in [-0.1, -0.05) is 11.6 Å². The second-order valence-corrected chi connectivity index (χ2v) is 5.50. The first-order valence-corrected chi connectivity index (χ1v) is 7.38. The molecule has 0 radical (unpaired) electrons. The number of carbonyl (C=O) groups is 1. The van der Waals surface area contributed by atoms with Gasteiger partial charge in [-0.25, -0.2) is 4.98 Å². The smallest absolute Gasteiger partial charge is 0.222 e. The molecule has 1 N–H and O–H groups in total. The average Bonchev–Trinajstić information content (AvgIpc) is 3.03. The van der Waals surface area contributed by atoms with Crippen LogP contribution in [0.1, 0.15) is 31.6 Å². The van der Waals surface area contributed by atoms with Crippen LogP contribution in [0.2, 0.25) is 5.02 Å². The van der Waals surface area contributed by atoms with E-state index in [1.165, 1.54) is 0 Å². The molecular formula is C14H20ClN5O. The summed E-state index contributed by atoms with van der Waals surface area (Å²) in [6.07, 6.45) is 8.29. The zero-order valence-electron chi connectivity index (χ0n) is 12.3. The van der Waals surface area contributed by atoms with Crippen molar-refractivity contribution in [2.75, 3.05) is 6.54 Å². The summed E-state index contributed by atoms with van der Waals surface area (Å²) in [5, 5.41) is 7.64. The van der Waals surface area contributed by atoms with Crippen LogP contribution in [0.4, 0.5) is 0 Å². The predicted molar refractivity (Wildman–Crippen MR) is 81.2 cm³/mol. The van der Waals surface area contributed by atoms with Crippen molar-refractivity contribution in [1.82, 2.24) is 24.6 Å². The molecular weight excluding hydrogens is 290 g/mol. The van der Waals surface area contributed by atoms with E-state index < -0.39 is 0 Å². The minimum Gasteiger partial charge on any atom is -0.356 e. The minimum absolute atomic E-state index is 0.0501. The molecule has 21 heavy (non-hydrogen) atoms. The summed E-state index contributed by atoms with van der Waals surface area (Å²) in [6, 6.07) is 0.109. The Morgan fingerprint density at radius 2 is 2.33 bits per heavy atom. The highest BCUT2D eigenvalue weighted by Crippen LogP contribution is 2.12. The van der Waals surface area contributed by atoms with Gasteiger partial charge >= 0.3 is 0 Å². The molecule has 0 saturated carbocycles. The van der Waals surface area contributed by atoms with Gasteiger partial charge in [-0.15, -0.1) is 0 Å². The van der Waals surface area contributed by atoms with Crippen molar-refractivity contribution in [1.29, 1.82) is 0 Å². The van der Waals surface area contributed by atoms with Crippen LogP contribution >= 0.6 is 11.6 Å². The lowest BCUT2D eigenvalue weighted by Gasteiger charge is -2.14. The Morgan fingerprint density at radius 1 is 1.52 bits per heavy atom. The zero-order chi connectivity index (χ0) is 15.2. The van der Waals surface area contributed by atoms with Crippen LogP contribution in [0.3, 0.4) is 0 Å². The van der Waals surface area contributed by atoms with Gasteiger partial charge in [-0.3, -0.25) is 9.48 Å². The summed E-state index contributed by atoms with van der Waals surface area (Å²) >= 11 is 5.78. The number of amides is 1. The third-order valence-electron chi connectivity index (χ3n) is 3.31. The van der Waals surface area contributed by atoms with E-state index in [9.17, 15) is 4.79 Å². The molecule has 114 valence electrons. The summed E-state index contributed by atoms with van der Waals surface area (Å²) in [5.74, 6) is 0.972. The molecule has 7 heteroatoms. The molecule has 0 aliphatic carbocycles. The molecule has 0 aliphatic rings. The van der Waals surface area contributed by atoms with Gasteiger partial charge in [0, 0.05) is 44.1 Å². The molecule has 0 fully saturated rings. The van der Waals surface area contributed by atoms with Gasteiger partial charge in [-0.05, 0) is 20.3 Å². The van der Waals surface area contributed by atoms with E-state index in [0.717, 1.165) is 18.8 Å². The maximum atomic E-state index is 11.9. The fourth-order valence-corrected chi connectivity index (χ4v) is 2.38. The first-order chi connectivity index (χ1) is 10.1. The normalized spacial score (nSPS) is 12.3. The van der Waals surface area contributed by atoms with E-state index >= 15 is 0 Å². The first-order valence-electron chi connectivity index (χ1n) is 7.00. The van der Waals surface area contributed by atoms with E-state index in [1.807, 2.05) is 24.6 Å². The zero-order valence-corrected chi connectivity index (χ0v) is 13.0. The van der Waals surface area contributed by atoms with Crippen molar-refractivity contribution >= 4 is 17.5 Å². The Hall–Kier alpha value is -1.82. The standard InChI is InChI=1S/C14H20ClN5O/c1-11(20-7-5-16-12(20)2)8-14(21)17-4-3-6-19-10-13(15)9-18-19/h5,7,9-11H,3-4,6,8H2,1-2H3,(H,17,21)/t11-/m1/s1. The molecule has 0 spiro atoms. The molecule has 2 aromatic heterocycles. The van der Waals surface area contributed by atoms with E-state index in [-0.39, 0.29) is 11.9 Å². The maximum Gasteiger partial charge on any atom is 0.222 e. The average molecular weight is 310 g/mol. The molecule has 0 saturated heterocycles. The van der Waals surface area contributed by atoms with Crippen LogP contribution in [0.5, 0.6) is 0 Å². The summed E-state index contributed by atoms with van der Waals surface area (Å²) in [5.41, 5.74) is 0. The molecule has 0 bridgehead atoms. The molecule has 0 aliphatic heterocycles. The van der Waals surface area contributed by atoms with Gasteiger partial charge in [0.25, 0.3) is 0 Å². The molecule has 2 heterocycles. The second kappa shape index (κ2) is 7.26. The fourth-order valence-electron chi connectivity index (χ4n) is 2.22. The summed E-state index contributed by atoms with van der Waals surface area (Å²) in [6.45, 7) is 5.32. The third-order valence-corrected chi connectivity index (χ3v) is 3.50. The molecule has 2 aromatic rings.